The van der Waals surface area contributed by atoms with Crippen LogP contribution in [0.2, 0.25) is 0 Å². The lowest BCUT2D eigenvalue weighted by Crippen LogP contribution is -2.46. The Balaban J connectivity index is 1.50. The number of ether oxygens (including phenoxy) is 3. The van der Waals surface area contributed by atoms with Crippen LogP contribution in [0.3, 0.4) is 0 Å². The van der Waals surface area contributed by atoms with Gasteiger partial charge in [0.25, 0.3) is 5.91 Å². The molecule has 0 fully saturated rings. The quantitative estimate of drug-likeness (QED) is 0.492. The first-order chi connectivity index (χ1) is 16.6. The predicted octanol–water partition coefficient (Wildman–Crippen LogP) is 2.56. The number of benzene rings is 2. The van der Waals surface area contributed by atoms with Crippen LogP contribution >= 0.6 is 0 Å². The second-order valence-corrected chi connectivity index (χ2v) is 8.72. The summed E-state index contributed by atoms with van der Waals surface area (Å²) in [4.78, 5) is 50.4. The molecule has 10 heteroatoms. The van der Waals surface area contributed by atoms with Gasteiger partial charge in [-0.15, -0.1) is 0 Å². The molecule has 10 nitrogen and oxygen atoms in total. The Hall–Kier alpha value is -4.08. The van der Waals surface area contributed by atoms with Gasteiger partial charge in [-0.1, -0.05) is 36.4 Å². The van der Waals surface area contributed by atoms with Crippen LogP contribution in [0.25, 0.3) is 0 Å². The summed E-state index contributed by atoms with van der Waals surface area (Å²) in [7, 11) is 1.26. The van der Waals surface area contributed by atoms with Gasteiger partial charge in [0.2, 0.25) is 12.6 Å². The molecule has 1 heterocycles. The Bertz CT molecular complexity index is 1100. The number of alkyl carbamates (subject to hydrolysis) is 1. The minimum absolute atomic E-state index is 0.180. The molecule has 186 valence electrons. The van der Waals surface area contributed by atoms with E-state index in [1.807, 2.05) is 12.1 Å². The molecule has 0 saturated heterocycles. The number of aliphatic carboxylic acids is 1. The molecule has 2 aromatic rings. The number of nitrogens with one attached hydrogen (secondary N) is 1. The number of hydrogen-bond acceptors (Lipinski definition) is 7. The highest BCUT2D eigenvalue weighted by atomic mass is 16.7. The van der Waals surface area contributed by atoms with Gasteiger partial charge in [-0.05, 0) is 43.5 Å². The van der Waals surface area contributed by atoms with Crippen molar-refractivity contribution in [1.29, 1.82) is 0 Å². The Morgan fingerprint density at radius 1 is 1.09 bits per heavy atom. The maximum absolute atomic E-state index is 12.9. The average Bonchev–Trinajstić information content (AvgIpc) is 3.30. The Kier molecular flexibility index (Phi) is 7.95. The van der Waals surface area contributed by atoms with E-state index in [4.69, 9.17) is 14.2 Å². The highest BCUT2D eigenvalue weighted by Gasteiger charge is 2.39. The van der Waals surface area contributed by atoms with E-state index in [2.05, 4.69) is 5.32 Å². The summed E-state index contributed by atoms with van der Waals surface area (Å²) < 4.78 is 15.7. The van der Waals surface area contributed by atoms with E-state index in [-0.39, 0.29) is 19.9 Å². The molecule has 2 N–H and O–H groups in total. The highest BCUT2D eigenvalue weighted by Crippen LogP contribution is 2.32. The summed E-state index contributed by atoms with van der Waals surface area (Å²) in [6.07, 6.45) is -0.215. The van der Waals surface area contributed by atoms with Crippen molar-refractivity contribution in [2.24, 2.45) is 5.41 Å². The lowest BCUT2D eigenvalue weighted by Gasteiger charge is -2.28. The normalized spacial score (nSPS) is 13.0. The van der Waals surface area contributed by atoms with Gasteiger partial charge in [0.15, 0.2) is 17.5 Å². The van der Waals surface area contributed by atoms with Crippen molar-refractivity contribution in [3.8, 4) is 11.5 Å². The zero-order valence-corrected chi connectivity index (χ0v) is 19.8. The number of carbonyl (C=O) groups is 4. The second kappa shape index (κ2) is 10.9. The van der Waals surface area contributed by atoms with E-state index in [0.29, 0.717) is 23.5 Å². The number of ketones is 1. The molecule has 35 heavy (non-hydrogen) atoms. The van der Waals surface area contributed by atoms with E-state index < -0.39 is 35.2 Å². The van der Waals surface area contributed by atoms with E-state index in [1.54, 1.807) is 36.4 Å². The molecule has 1 atom stereocenters. The largest absolute Gasteiger partial charge is 0.479 e. The first-order valence-electron chi connectivity index (χ1n) is 11.0. The Labute approximate surface area is 202 Å². The third kappa shape index (κ3) is 6.28. The van der Waals surface area contributed by atoms with Crippen molar-refractivity contribution < 1.29 is 38.5 Å². The summed E-state index contributed by atoms with van der Waals surface area (Å²) in [6.45, 7) is 3.02. The van der Waals surface area contributed by atoms with Gasteiger partial charge >= 0.3 is 12.1 Å². The zero-order valence-electron chi connectivity index (χ0n) is 19.8. The number of Topliss-reactive ketones (excluding diaryl/α,β-unsaturated/α-hetero) is 1. The predicted molar refractivity (Wildman–Crippen MR) is 124 cm³/mol. The number of nitrogens with zero attached hydrogens (tertiary/aromatic N) is 1. The molecule has 0 bridgehead atoms. The molecule has 0 saturated carbocycles. The minimum atomic E-state index is -1.36. The molecule has 0 aliphatic carbocycles. The van der Waals surface area contributed by atoms with Gasteiger partial charge in [-0.25, -0.2) is 9.59 Å². The van der Waals surface area contributed by atoms with Crippen LogP contribution in [-0.2, 0) is 25.5 Å². The number of rotatable bonds is 10. The van der Waals surface area contributed by atoms with Crippen LogP contribution in [0.5, 0.6) is 11.5 Å². The van der Waals surface area contributed by atoms with Gasteiger partial charge in [0.1, 0.15) is 6.61 Å². The van der Waals surface area contributed by atoms with Crippen LogP contribution in [0, 0.1) is 5.41 Å². The molecule has 0 aromatic heterocycles. The third-order valence-corrected chi connectivity index (χ3v) is 5.55. The van der Waals surface area contributed by atoms with Crippen LogP contribution < -0.4 is 14.8 Å². The fourth-order valence-electron chi connectivity index (χ4n) is 3.50. The Morgan fingerprint density at radius 2 is 1.77 bits per heavy atom. The molecular weight excluding hydrogens is 456 g/mol. The van der Waals surface area contributed by atoms with E-state index >= 15 is 0 Å². The van der Waals surface area contributed by atoms with Crippen LogP contribution in [0.1, 0.15) is 31.0 Å². The topological polar surface area (TPSA) is 131 Å². The molecule has 3 rings (SSSR count). The third-order valence-electron chi connectivity index (χ3n) is 5.55. The van der Waals surface area contributed by atoms with Crippen molar-refractivity contribution in [2.75, 3.05) is 27.0 Å². The first kappa shape index (κ1) is 25.5. The maximum atomic E-state index is 12.9. The number of fused-ring (bicyclic) bond motifs is 1. The monoisotopic (exact) mass is 484 g/mol. The van der Waals surface area contributed by atoms with Crippen molar-refractivity contribution in [3.63, 3.8) is 0 Å². The lowest BCUT2D eigenvalue weighted by molar-refractivity contribution is -0.156. The molecule has 1 aliphatic rings. The SMILES string of the molecule is CN(C(=O)C(=O)C(C)(C)COC(=O)NCCc1ccc2c(c1)OCO2)[C@H](C(=O)O)c1ccccc1. The number of carbonyl (C=O) groups excluding carboxylic acids is 3. The van der Waals surface area contributed by atoms with E-state index in [1.165, 1.54) is 20.9 Å². The summed E-state index contributed by atoms with van der Waals surface area (Å²) in [5.74, 6) is -1.80. The molecule has 0 spiro atoms. The van der Waals surface area contributed by atoms with Crippen molar-refractivity contribution in [2.45, 2.75) is 26.3 Å². The van der Waals surface area contributed by atoms with Crippen molar-refractivity contribution >= 4 is 23.8 Å². The highest BCUT2D eigenvalue weighted by molar-refractivity contribution is 6.38. The molecule has 2 aromatic carbocycles. The number of hydrogen-bond donors (Lipinski definition) is 2. The fraction of sp³-hybridized carbons (Fsp3) is 0.360. The molecule has 1 aliphatic heterocycles. The van der Waals surface area contributed by atoms with E-state index in [0.717, 1.165) is 10.5 Å². The Morgan fingerprint density at radius 3 is 2.46 bits per heavy atom. The van der Waals surface area contributed by atoms with Gasteiger partial charge < -0.3 is 29.5 Å². The summed E-state index contributed by atoms with van der Waals surface area (Å²) >= 11 is 0. The number of amides is 2. The number of carboxylic acid groups (broad SMARTS) is 1. The first-order valence-corrected chi connectivity index (χ1v) is 11.0. The summed E-state index contributed by atoms with van der Waals surface area (Å²) in [5.41, 5.74) is -0.0654. The average molecular weight is 485 g/mol. The van der Waals surface area contributed by atoms with Gasteiger partial charge in [-0.3, -0.25) is 9.59 Å². The number of likely N-dealkylation sites (N-methyl/N-ethyl adjacent to an activating group) is 1. The molecular formula is C25H28N2O8. The van der Waals surface area contributed by atoms with Gasteiger partial charge in [-0.2, -0.15) is 0 Å². The standard InChI is InChI=1S/C25H28N2O8/c1-25(2,21(28)22(29)27(3)20(23(30)31)17-7-5-4-6-8-17)14-33-24(32)26-12-11-16-9-10-18-19(13-16)35-15-34-18/h4-10,13,20H,11-12,14-15H2,1-3H3,(H,26,32)(H,30,31)/t20-/m0/s1. The van der Waals surface area contributed by atoms with Crippen LogP contribution in [0.4, 0.5) is 4.79 Å². The molecule has 2 amide bonds. The number of carboxylic acids is 1. The van der Waals surface area contributed by atoms with Crippen LogP contribution in [-0.4, -0.2) is 60.8 Å². The van der Waals surface area contributed by atoms with Crippen molar-refractivity contribution in [3.05, 3.63) is 59.7 Å². The van der Waals surface area contributed by atoms with Gasteiger partial charge in [0.05, 0.1) is 5.41 Å². The molecule has 0 radical (unpaired) electrons. The zero-order chi connectivity index (χ0) is 25.6. The second-order valence-electron chi connectivity index (χ2n) is 8.72. The molecule has 0 unspecified atom stereocenters. The van der Waals surface area contributed by atoms with Gasteiger partial charge in [0, 0.05) is 13.6 Å². The van der Waals surface area contributed by atoms with Crippen molar-refractivity contribution in [1.82, 2.24) is 10.2 Å². The summed E-state index contributed by atoms with van der Waals surface area (Å²) in [6, 6.07) is 12.3. The summed E-state index contributed by atoms with van der Waals surface area (Å²) in [5, 5.41) is 12.2. The fourth-order valence-corrected chi connectivity index (χ4v) is 3.50. The maximum Gasteiger partial charge on any atom is 0.407 e. The van der Waals surface area contributed by atoms with Crippen LogP contribution in [0.15, 0.2) is 48.5 Å². The minimum Gasteiger partial charge on any atom is -0.479 e. The lowest BCUT2D eigenvalue weighted by atomic mass is 9.88. The smallest absolute Gasteiger partial charge is 0.407 e. The van der Waals surface area contributed by atoms with E-state index in [9.17, 15) is 24.3 Å².